The molecule has 1 unspecified atom stereocenters. The molecule has 31 heavy (non-hydrogen) atoms. The zero-order valence-corrected chi connectivity index (χ0v) is 20.2. The van der Waals surface area contributed by atoms with Crippen molar-refractivity contribution in [3.05, 3.63) is 78.4 Å². The number of halogens is 1. The highest BCUT2D eigenvalue weighted by atomic mass is 127. The number of nitrogens with zero attached hydrogens (tertiary/aromatic N) is 3. The highest BCUT2D eigenvalue weighted by Crippen LogP contribution is 2.24. The normalized spacial score (nSPS) is 16.0. The van der Waals surface area contributed by atoms with Crippen LogP contribution in [-0.4, -0.2) is 41.8 Å². The highest BCUT2D eigenvalue weighted by molar-refractivity contribution is 14.0. The van der Waals surface area contributed by atoms with Gasteiger partial charge in [0.1, 0.15) is 0 Å². The molecule has 0 spiro atoms. The smallest absolute Gasteiger partial charge is 0.191 e. The number of benzene rings is 2. The van der Waals surface area contributed by atoms with Crippen LogP contribution in [0.15, 0.2) is 72.2 Å². The van der Waals surface area contributed by atoms with Gasteiger partial charge in [-0.15, -0.1) is 24.0 Å². The Hall–Kier alpha value is -2.39. The number of hydrogen-bond donors (Lipinski definition) is 2. The first-order chi connectivity index (χ1) is 14.8. The highest BCUT2D eigenvalue weighted by Gasteiger charge is 2.15. The SMILES string of the molecule is CN=C(NCc1ccccc1-c1ccc(Cn2ccnc2)cc1)NCC1CCCO1.I. The maximum absolute atomic E-state index is 5.68. The van der Waals surface area contributed by atoms with E-state index in [1.54, 1.807) is 13.2 Å². The summed E-state index contributed by atoms with van der Waals surface area (Å²) in [7, 11) is 1.80. The second-order valence-electron chi connectivity index (χ2n) is 7.53. The van der Waals surface area contributed by atoms with Crippen LogP contribution in [0.25, 0.3) is 11.1 Å². The Balaban J connectivity index is 0.00000272. The molecule has 0 bridgehead atoms. The molecule has 0 radical (unpaired) electrons. The largest absolute Gasteiger partial charge is 0.376 e. The van der Waals surface area contributed by atoms with E-state index >= 15 is 0 Å². The molecule has 1 fully saturated rings. The first kappa shape index (κ1) is 23.3. The average molecular weight is 531 g/mol. The van der Waals surface area contributed by atoms with E-state index < -0.39 is 0 Å². The lowest BCUT2D eigenvalue weighted by Crippen LogP contribution is -2.40. The van der Waals surface area contributed by atoms with Gasteiger partial charge < -0.3 is 19.9 Å². The van der Waals surface area contributed by atoms with Crippen molar-refractivity contribution in [2.45, 2.75) is 32.0 Å². The van der Waals surface area contributed by atoms with Gasteiger partial charge in [0, 0.05) is 45.7 Å². The molecule has 0 aliphatic carbocycles. The monoisotopic (exact) mass is 531 g/mol. The summed E-state index contributed by atoms with van der Waals surface area (Å²) in [4.78, 5) is 8.45. The Labute approximate surface area is 201 Å². The van der Waals surface area contributed by atoms with Gasteiger partial charge in [-0.05, 0) is 35.1 Å². The molecule has 1 aliphatic heterocycles. The Morgan fingerprint density at radius 3 is 2.71 bits per heavy atom. The summed E-state index contributed by atoms with van der Waals surface area (Å²) in [6.07, 6.45) is 8.18. The maximum atomic E-state index is 5.68. The van der Waals surface area contributed by atoms with Crippen molar-refractivity contribution in [1.82, 2.24) is 20.2 Å². The summed E-state index contributed by atoms with van der Waals surface area (Å²) in [5.41, 5.74) is 4.93. The van der Waals surface area contributed by atoms with Gasteiger partial charge in [-0.1, -0.05) is 48.5 Å². The van der Waals surface area contributed by atoms with Crippen molar-refractivity contribution in [1.29, 1.82) is 0 Å². The standard InChI is InChI=1S/C24H29N5O.HI/c1-25-24(28-16-22-6-4-14-30-22)27-15-21-5-2-3-7-23(21)20-10-8-19(9-11-20)17-29-13-12-26-18-29;/h2-3,5,7-13,18,22H,4,6,14-17H2,1H3,(H2,25,27,28);1H. The molecule has 0 saturated carbocycles. The van der Waals surface area contributed by atoms with Gasteiger partial charge in [-0.25, -0.2) is 4.98 Å². The van der Waals surface area contributed by atoms with Crippen LogP contribution < -0.4 is 10.6 Å². The van der Waals surface area contributed by atoms with E-state index in [0.29, 0.717) is 6.54 Å². The van der Waals surface area contributed by atoms with Crippen LogP contribution in [0.4, 0.5) is 0 Å². The molecular formula is C24H30IN5O. The van der Waals surface area contributed by atoms with Crippen LogP contribution in [0.5, 0.6) is 0 Å². The minimum absolute atomic E-state index is 0. The lowest BCUT2D eigenvalue weighted by Gasteiger charge is -2.16. The topological polar surface area (TPSA) is 63.5 Å². The molecule has 2 heterocycles. The van der Waals surface area contributed by atoms with Gasteiger partial charge in [0.05, 0.1) is 12.4 Å². The van der Waals surface area contributed by atoms with E-state index in [2.05, 4.69) is 73.7 Å². The van der Waals surface area contributed by atoms with Crippen molar-refractivity contribution in [2.75, 3.05) is 20.2 Å². The van der Waals surface area contributed by atoms with Gasteiger partial charge in [-0.3, -0.25) is 4.99 Å². The minimum atomic E-state index is 0. The maximum Gasteiger partial charge on any atom is 0.191 e. The number of nitrogens with one attached hydrogen (secondary N) is 2. The van der Waals surface area contributed by atoms with Gasteiger partial charge in [-0.2, -0.15) is 0 Å². The van der Waals surface area contributed by atoms with Crippen LogP contribution in [-0.2, 0) is 17.8 Å². The predicted molar refractivity (Wildman–Crippen MR) is 136 cm³/mol. The summed E-state index contributed by atoms with van der Waals surface area (Å²) in [5, 5.41) is 6.81. The van der Waals surface area contributed by atoms with Crippen molar-refractivity contribution < 1.29 is 4.74 Å². The molecular weight excluding hydrogens is 501 g/mol. The number of guanidine groups is 1. The summed E-state index contributed by atoms with van der Waals surface area (Å²) in [6, 6.07) is 17.2. The molecule has 1 aromatic heterocycles. The van der Waals surface area contributed by atoms with E-state index in [-0.39, 0.29) is 30.1 Å². The van der Waals surface area contributed by atoms with Crippen molar-refractivity contribution in [3.63, 3.8) is 0 Å². The van der Waals surface area contributed by atoms with Crippen molar-refractivity contribution in [2.24, 2.45) is 4.99 Å². The zero-order chi connectivity index (χ0) is 20.6. The van der Waals surface area contributed by atoms with Crippen LogP contribution in [0.1, 0.15) is 24.0 Å². The summed E-state index contributed by atoms with van der Waals surface area (Å²) >= 11 is 0. The van der Waals surface area contributed by atoms with Gasteiger partial charge in [0.2, 0.25) is 0 Å². The Bertz CT molecular complexity index is 950. The summed E-state index contributed by atoms with van der Waals surface area (Å²) in [6.45, 7) is 3.20. The van der Waals surface area contributed by atoms with Gasteiger partial charge >= 0.3 is 0 Å². The van der Waals surface area contributed by atoms with E-state index in [4.69, 9.17) is 4.74 Å². The van der Waals surface area contributed by atoms with Gasteiger partial charge in [0.15, 0.2) is 5.96 Å². The molecule has 7 heteroatoms. The van der Waals surface area contributed by atoms with Crippen LogP contribution in [0.2, 0.25) is 0 Å². The third-order valence-electron chi connectivity index (χ3n) is 5.40. The molecule has 1 saturated heterocycles. The van der Waals surface area contributed by atoms with E-state index in [1.165, 1.54) is 22.3 Å². The van der Waals surface area contributed by atoms with E-state index in [1.807, 2.05) is 12.5 Å². The molecule has 6 nitrogen and oxygen atoms in total. The van der Waals surface area contributed by atoms with E-state index in [9.17, 15) is 0 Å². The number of rotatable bonds is 7. The summed E-state index contributed by atoms with van der Waals surface area (Å²) in [5.74, 6) is 0.802. The van der Waals surface area contributed by atoms with Gasteiger partial charge in [0.25, 0.3) is 0 Å². The molecule has 2 N–H and O–H groups in total. The number of aromatic nitrogens is 2. The number of aliphatic imine (C=N–C) groups is 1. The number of hydrogen-bond acceptors (Lipinski definition) is 3. The molecule has 3 aromatic rings. The Morgan fingerprint density at radius 1 is 1.16 bits per heavy atom. The molecule has 164 valence electrons. The lowest BCUT2D eigenvalue weighted by atomic mass is 9.98. The lowest BCUT2D eigenvalue weighted by molar-refractivity contribution is 0.114. The fraction of sp³-hybridized carbons (Fsp3) is 0.333. The molecule has 1 aliphatic rings. The van der Waals surface area contributed by atoms with E-state index in [0.717, 1.165) is 38.5 Å². The fourth-order valence-corrected chi connectivity index (χ4v) is 3.75. The second-order valence-corrected chi connectivity index (χ2v) is 7.53. The third-order valence-corrected chi connectivity index (χ3v) is 5.40. The molecule has 2 aromatic carbocycles. The van der Waals surface area contributed by atoms with Crippen molar-refractivity contribution in [3.8, 4) is 11.1 Å². The summed E-state index contributed by atoms with van der Waals surface area (Å²) < 4.78 is 7.75. The molecule has 0 amide bonds. The predicted octanol–water partition coefficient (Wildman–Crippen LogP) is 4.06. The Kier molecular flexibility index (Phi) is 8.90. The molecule has 1 atom stereocenters. The van der Waals surface area contributed by atoms with Crippen LogP contribution in [0, 0.1) is 0 Å². The second kappa shape index (κ2) is 11.9. The Morgan fingerprint density at radius 2 is 2.00 bits per heavy atom. The van der Waals surface area contributed by atoms with Crippen LogP contribution >= 0.6 is 24.0 Å². The number of ether oxygens (including phenoxy) is 1. The van der Waals surface area contributed by atoms with Crippen molar-refractivity contribution >= 4 is 29.9 Å². The first-order valence-corrected chi connectivity index (χ1v) is 10.5. The van der Waals surface area contributed by atoms with Crippen LogP contribution in [0.3, 0.4) is 0 Å². The third kappa shape index (κ3) is 6.54. The quantitative estimate of drug-likeness (QED) is 0.274. The zero-order valence-electron chi connectivity index (χ0n) is 17.8. The first-order valence-electron chi connectivity index (χ1n) is 10.5. The average Bonchev–Trinajstić information content (AvgIpc) is 3.49. The fourth-order valence-electron chi connectivity index (χ4n) is 3.75. The molecule has 4 rings (SSSR count). The minimum Gasteiger partial charge on any atom is -0.376 e. The number of imidazole rings is 1.